The Labute approximate surface area is 242 Å². The van der Waals surface area contributed by atoms with Gasteiger partial charge >= 0.3 is 5.97 Å². The van der Waals surface area contributed by atoms with Crippen molar-refractivity contribution in [3.8, 4) is 11.5 Å². The molecule has 1 atom stereocenters. The molecule has 8 nitrogen and oxygen atoms in total. The molecule has 9 heteroatoms. The number of fused-ring (bicyclic) bond motifs is 2. The molecule has 5 rings (SSSR count). The fraction of sp³-hybridized carbons (Fsp3) is 0.281. The number of allylic oxidation sites excluding steroid dienone is 2. The summed E-state index contributed by atoms with van der Waals surface area (Å²) in [7, 11) is 0. The van der Waals surface area contributed by atoms with E-state index in [1.165, 1.54) is 11.3 Å². The van der Waals surface area contributed by atoms with Gasteiger partial charge in [0.05, 0.1) is 41.7 Å². The summed E-state index contributed by atoms with van der Waals surface area (Å²) < 4.78 is 21.3. The summed E-state index contributed by atoms with van der Waals surface area (Å²) in [6.45, 7) is 13.0. The van der Waals surface area contributed by atoms with Gasteiger partial charge in [-0.25, -0.2) is 9.79 Å². The van der Waals surface area contributed by atoms with Gasteiger partial charge in [0.25, 0.3) is 5.56 Å². The molecule has 3 heterocycles. The summed E-state index contributed by atoms with van der Waals surface area (Å²) in [5, 5.41) is 1.04. The van der Waals surface area contributed by atoms with Crippen LogP contribution < -0.4 is 24.4 Å². The number of aromatic nitrogens is 2. The van der Waals surface area contributed by atoms with Crippen LogP contribution in [0.1, 0.15) is 44.9 Å². The molecule has 0 radical (unpaired) electrons. The zero-order valence-corrected chi connectivity index (χ0v) is 24.5. The largest absolute Gasteiger partial charge is 0.490 e. The van der Waals surface area contributed by atoms with Crippen LogP contribution in [0.15, 0.2) is 82.4 Å². The number of rotatable bonds is 10. The molecule has 1 aliphatic heterocycles. The topological polar surface area (TPSA) is 84.0 Å². The third kappa shape index (κ3) is 5.25. The first-order valence-corrected chi connectivity index (χ1v) is 14.5. The van der Waals surface area contributed by atoms with Crippen molar-refractivity contribution >= 4 is 34.3 Å². The van der Waals surface area contributed by atoms with Crippen molar-refractivity contribution in [2.75, 3.05) is 19.8 Å². The quantitative estimate of drug-likeness (QED) is 0.203. The normalized spacial score (nSPS) is 15.0. The highest BCUT2D eigenvalue weighted by Crippen LogP contribution is 2.36. The van der Waals surface area contributed by atoms with E-state index in [4.69, 9.17) is 19.2 Å². The summed E-state index contributed by atoms with van der Waals surface area (Å²) in [5.41, 5.74) is 3.27. The summed E-state index contributed by atoms with van der Waals surface area (Å²) >= 11 is 1.30. The highest BCUT2D eigenvalue weighted by atomic mass is 32.1. The number of carbonyl (C=O) groups excluding carboxylic acids is 1. The molecule has 4 aromatic rings. The Morgan fingerprint density at radius 3 is 2.56 bits per heavy atom. The highest BCUT2D eigenvalue weighted by molar-refractivity contribution is 7.07. The van der Waals surface area contributed by atoms with Crippen LogP contribution >= 0.6 is 11.3 Å². The molecule has 0 saturated heterocycles. The average Bonchev–Trinajstić information content (AvgIpc) is 3.46. The zero-order valence-electron chi connectivity index (χ0n) is 23.7. The number of ether oxygens (including phenoxy) is 3. The number of benzene rings is 2. The number of nitrogens with zero attached hydrogens (tertiary/aromatic N) is 3. The van der Waals surface area contributed by atoms with Gasteiger partial charge in [-0.2, -0.15) is 0 Å². The number of esters is 1. The molecule has 212 valence electrons. The van der Waals surface area contributed by atoms with Crippen molar-refractivity contribution in [2.24, 2.45) is 4.99 Å². The Hall–Kier alpha value is -4.37. The van der Waals surface area contributed by atoms with Gasteiger partial charge < -0.3 is 18.8 Å². The lowest BCUT2D eigenvalue weighted by molar-refractivity contribution is -0.139. The van der Waals surface area contributed by atoms with Crippen LogP contribution in [-0.4, -0.2) is 34.9 Å². The third-order valence-electron chi connectivity index (χ3n) is 6.83. The molecule has 0 saturated carbocycles. The first-order chi connectivity index (χ1) is 19.9. The molecule has 2 aromatic carbocycles. The Balaban J connectivity index is 1.73. The summed E-state index contributed by atoms with van der Waals surface area (Å²) in [6.07, 6.45) is 5.77. The van der Waals surface area contributed by atoms with E-state index in [2.05, 4.69) is 17.2 Å². The molecular formula is C32H33N3O5S. The number of hydrogen-bond donors (Lipinski definition) is 0. The maximum Gasteiger partial charge on any atom is 0.338 e. The maximum absolute atomic E-state index is 14.1. The first kappa shape index (κ1) is 28.2. The zero-order chi connectivity index (χ0) is 29.1. The van der Waals surface area contributed by atoms with Crippen molar-refractivity contribution in [2.45, 2.75) is 40.3 Å². The van der Waals surface area contributed by atoms with Gasteiger partial charge in [-0.05, 0) is 57.5 Å². The van der Waals surface area contributed by atoms with E-state index in [0.717, 1.165) is 16.5 Å². The van der Waals surface area contributed by atoms with Gasteiger partial charge in [0.1, 0.15) is 0 Å². The molecule has 41 heavy (non-hydrogen) atoms. The van der Waals surface area contributed by atoms with Crippen LogP contribution in [0, 0.1) is 0 Å². The van der Waals surface area contributed by atoms with Crippen LogP contribution in [0.3, 0.4) is 0 Å². The molecule has 0 N–H and O–H groups in total. The number of carbonyl (C=O) groups is 1. The first-order valence-electron chi connectivity index (χ1n) is 13.7. The lowest BCUT2D eigenvalue weighted by atomic mass is 9.95. The average molecular weight is 572 g/mol. The van der Waals surface area contributed by atoms with E-state index in [1.54, 1.807) is 18.4 Å². The van der Waals surface area contributed by atoms with Gasteiger partial charge in [-0.15, -0.1) is 6.58 Å². The highest BCUT2D eigenvalue weighted by Gasteiger charge is 2.34. The monoisotopic (exact) mass is 571 g/mol. The minimum absolute atomic E-state index is 0.203. The second-order valence-corrected chi connectivity index (χ2v) is 10.4. The van der Waals surface area contributed by atoms with Gasteiger partial charge in [0.2, 0.25) is 0 Å². The van der Waals surface area contributed by atoms with Gasteiger partial charge in [-0.1, -0.05) is 41.7 Å². The lowest BCUT2D eigenvalue weighted by Crippen LogP contribution is -2.40. The van der Waals surface area contributed by atoms with E-state index in [0.29, 0.717) is 57.4 Å². The SMILES string of the molecule is C=CCn1cc(C=c2sc3n(c2=O)C(c2ccc(OCC)c(OCC)c2)C(C(=O)OCC)=C(C)N=3)c2ccccc21. The van der Waals surface area contributed by atoms with Crippen molar-refractivity contribution in [3.05, 3.63) is 103 Å². The number of para-hydroxylation sites is 1. The van der Waals surface area contributed by atoms with Gasteiger partial charge in [-0.3, -0.25) is 9.36 Å². The van der Waals surface area contributed by atoms with Crippen molar-refractivity contribution < 1.29 is 19.0 Å². The van der Waals surface area contributed by atoms with E-state index >= 15 is 0 Å². The van der Waals surface area contributed by atoms with Gasteiger partial charge in [0, 0.05) is 29.2 Å². The van der Waals surface area contributed by atoms with Crippen LogP contribution in [0.2, 0.25) is 0 Å². The molecule has 1 aliphatic rings. The fourth-order valence-electron chi connectivity index (χ4n) is 5.17. The maximum atomic E-state index is 14.1. The Morgan fingerprint density at radius 2 is 1.83 bits per heavy atom. The van der Waals surface area contributed by atoms with Crippen LogP contribution in [-0.2, 0) is 16.1 Å². The van der Waals surface area contributed by atoms with Crippen molar-refractivity contribution in [3.63, 3.8) is 0 Å². The Bertz CT molecular complexity index is 1840. The number of thiazole rings is 1. The molecule has 1 unspecified atom stereocenters. The minimum atomic E-state index is -0.746. The van der Waals surface area contributed by atoms with E-state index < -0.39 is 12.0 Å². The fourth-order valence-corrected chi connectivity index (χ4v) is 6.20. The molecule has 0 spiro atoms. The molecule has 0 aliphatic carbocycles. The standard InChI is InChI=1S/C32H33N3O5S/c1-6-16-34-19-22(23-12-10-11-13-24(23)34)18-27-30(36)35-29(21-14-15-25(38-7-2)26(17-21)39-8-3)28(31(37)40-9-4)20(5)33-32(35)41-27/h6,10-15,17-19,29H,1,7-9,16H2,2-5H3. The van der Waals surface area contributed by atoms with Crippen LogP contribution in [0.25, 0.3) is 17.0 Å². The Kier molecular flexibility index (Phi) is 8.26. The lowest BCUT2D eigenvalue weighted by Gasteiger charge is -2.25. The smallest absolute Gasteiger partial charge is 0.338 e. The molecule has 0 amide bonds. The summed E-state index contributed by atoms with van der Waals surface area (Å²) in [4.78, 5) is 32.6. The predicted octanol–water partition coefficient (Wildman–Crippen LogP) is 4.74. The van der Waals surface area contributed by atoms with E-state index in [-0.39, 0.29) is 12.2 Å². The molecule has 2 aromatic heterocycles. The van der Waals surface area contributed by atoms with Crippen molar-refractivity contribution in [1.82, 2.24) is 9.13 Å². The second-order valence-electron chi connectivity index (χ2n) is 9.42. The van der Waals surface area contributed by atoms with E-state index in [9.17, 15) is 9.59 Å². The minimum Gasteiger partial charge on any atom is -0.490 e. The van der Waals surface area contributed by atoms with E-state index in [1.807, 2.05) is 68.6 Å². The molecule has 0 fully saturated rings. The predicted molar refractivity (Wildman–Crippen MR) is 161 cm³/mol. The third-order valence-corrected chi connectivity index (χ3v) is 7.81. The number of hydrogen-bond acceptors (Lipinski definition) is 7. The molecular weight excluding hydrogens is 538 g/mol. The summed E-state index contributed by atoms with van der Waals surface area (Å²) in [5.74, 6) is 0.633. The molecule has 0 bridgehead atoms. The van der Waals surface area contributed by atoms with Crippen molar-refractivity contribution in [1.29, 1.82) is 0 Å². The van der Waals surface area contributed by atoms with Crippen LogP contribution in [0.4, 0.5) is 0 Å². The summed E-state index contributed by atoms with van der Waals surface area (Å²) in [6, 6.07) is 12.8. The Morgan fingerprint density at radius 1 is 1.07 bits per heavy atom. The van der Waals surface area contributed by atoms with Gasteiger partial charge in [0.15, 0.2) is 16.3 Å². The van der Waals surface area contributed by atoms with Crippen LogP contribution in [0.5, 0.6) is 11.5 Å². The second kappa shape index (κ2) is 12.0.